The minimum absolute atomic E-state index is 0.0207. The molecule has 2 N–H and O–H groups in total. The van der Waals surface area contributed by atoms with Gasteiger partial charge in [-0.25, -0.2) is 0 Å². The Morgan fingerprint density at radius 1 is 1.20 bits per heavy atom. The number of rotatable bonds is 4. The molecule has 0 aliphatic carbocycles. The van der Waals surface area contributed by atoms with Crippen LogP contribution in [0.15, 0.2) is 29.0 Å². The molecule has 1 heterocycles. The van der Waals surface area contributed by atoms with E-state index in [-0.39, 0.29) is 12.0 Å². The van der Waals surface area contributed by atoms with Crippen LogP contribution in [-0.2, 0) is 0 Å². The average Bonchev–Trinajstić information content (AvgIpc) is 2.38. The Hall–Kier alpha value is -1.82. The number of benzene rings is 1. The minimum Gasteiger partial charge on any atom is -0.473 e. The number of halogens is 1. The van der Waals surface area contributed by atoms with E-state index in [1.165, 1.54) is 6.33 Å². The lowest BCUT2D eigenvalue weighted by molar-refractivity contribution is 0.232. The lowest BCUT2D eigenvalue weighted by Crippen LogP contribution is -2.10. The molecule has 0 saturated carbocycles. The normalized spacial score (nSPS) is 10.7. The van der Waals surface area contributed by atoms with E-state index in [0.29, 0.717) is 17.3 Å². The van der Waals surface area contributed by atoms with Crippen LogP contribution in [0, 0.1) is 6.92 Å². The van der Waals surface area contributed by atoms with Crippen molar-refractivity contribution in [1.82, 2.24) is 9.97 Å². The van der Waals surface area contributed by atoms with Crippen molar-refractivity contribution in [3.63, 3.8) is 0 Å². The summed E-state index contributed by atoms with van der Waals surface area (Å²) >= 11 is 3.41. The molecule has 1 aromatic carbocycles. The molecular weight excluding hydrogens is 322 g/mol. The van der Waals surface area contributed by atoms with Gasteiger partial charge in [-0.1, -0.05) is 22.0 Å². The molecule has 20 heavy (non-hydrogen) atoms. The first-order valence-electron chi connectivity index (χ1n) is 6.18. The Morgan fingerprint density at radius 2 is 1.90 bits per heavy atom. The fourth-order valence-electron chi connectivity index (χ4n) is 1.55. The Kier molecular flexibility index (Phi) is 4.44. The van der Waals surface area contributed by atoms with Crippen LogP contribution in [-0.4, -0.2) is 16.1 Å². The summed E-state index contributed by atoms with van der Waals surface area (Å²) in [6, 6.07) is 5.75. The molecule has 0 saturated heterocycles. The molecule has 2 aromatic rings. The van der Waals surface area contributed by atoms with Crippen molar-refractivity contribution in [2.24, 2.45) is 0 Å². The molecule has 6 heteroatoms. The topological polar surface area (TPSA) is 70.3 Å². The van der Waals surface area contributed by atoms with Crippen molar-refractivity contribution < 1.29 is 9.47 Å². The second kappa shape index (κ2) is 6.09. The fourth-order valence-corrected chi connectivity index (χ4v) is 1.89. The molecule has 0 radical (unpaired) electrons. The van der Waals surface area contributed by atoms with E-state index in [2.05, 4.69) is 25.9 Å². The van der Waals surface area contributed by atoms with Crippen LogP contribution in [0.1, 0.15) is 19.4 Å². The summed E-state index contributed by atoms with van der Waals surface area (Å²) < 4.78 is 12.2. The van der Waals surface area contributed by atoms with Gasteiger partial charge in [-0.2, -0.15) is 9.97 Å². The maximum absolute atomic E-state index is 5.98. The molecule has 0 atom stereocenters. The number of hydrogen-bond acceptors (Lipinski definition) is 5. The van der Waals surface area contributed by atoms with Gasteiger partial charge in [-0.3, -0.25) is 0 Å². The maximum atomic E-state index is 5.98. The average molecular weight is 338 g/mol. The first-order chi connectivity index (χ1) is 9.47. The molecule has 0 unspecified atom stereocenters. The molecule has 0 spiro atoms. The number of ether oxygens (including phenoxy) is 2. The molecule has 0 aliphatic rings. The van der Waals surface area contributed by atoms with E-state index in [4.69, 9.17) is 15.2 Å². The largest absolute Gasteiger partial charge is 0.473 e. The molecule has 106 valence electrons. The van der Waals surface area contributed by atoms with Gasteiger partial charge < -0.3 is 15.2 Å². The summed E-state index contributed by atoms with van der Waals surface area (Å²) in [5.74, 6) is 1.30. The lowest BCUT2D eigenvalue weighted by Gasteiger charge is -2.14. The quantitative estimate of drug-likeness (QED) is 0.920. The van der Waals surface area contributed by atoms with E-state index >= 15 is 0 Å². The summed E-state index contributed by atoms with van der Waals surface area (Å²) in [6.45, 7) is 5.76. The maximum Gasteiger partial charge on any atom is 0.249 e. The number of nitrogens with two attached hydrogens (primary N) is 1. The number of hydrogen-bond donors (Lipinski definition) is 1. The first kappa shape index (κ1) is 14.6. The summed E-state index contributed by atoms with van der Waals surface area (Å²) in [4.78, 5) is 8.07. The predicted octanol–water partition coefficient (Wildman–Crippen LogP) is 3.71. The van der Waals surface area contributed by atoms with Crippen LogP contribution in [0.2, 0.25) is 0 Å². The van der Waals surface area contributed by atoms with Gasteiger partial charge in [0.05, 0.1) is 6.10 Å². The Bertz CT molecular complexity index is 617. The van der Waals surface area contributed by atoms with Gasteiger partial charge in [-0.05, 0) is 38.5 Å². The molecule has 0 amide bonds. The third kappa shape index (κ3) is 3.39. The standard InChI is InChI=1S/C14H16BrN3O2/c1-8(2)19-13-12(16)14(18-7-17-13)20-11-6-10(15)5-4-9(11)3/h4-8H,16H2,1-3H3. The van der Waals surface area contributed by atoms with Gasteiger partial charge in [0.25, 0.3) is 0 Å². The number of nitrogen functional groups attached to an aromatic ring is 1. The van der Waals surface area contributed by atoms with Crippen LogP contribution in [0.4, 0.5) is 5.69 Å². The summed E-state index contributed by atoms with van der Waals surface area (Å²) in [6.07, 6.45) is 1.35. The molecular formula is C14H16BrN3O2. The second-order valence-electron chi connectivity index (χ2n) is 4.58. The molecule has 5 nitrogen and oxygen atoms in total. The van der Waals surface area contributed by atoms with Crippen molar-refractivity contribution in [2.75, 3.05) is 5.73 Å². The Morgan fingerprint density at radius 3 is 2.60 bits per heavy atom. The molecule has 0 bridgehead atoms. The Labute approximate surface area is 126 Å². The van der Waals surface area contributed by atoms with Crippen LogP contribution < -0.4 is 15.2 Å². The van der Waals surface area contributed by atoms with Crippen molar-refractivity contribution in [1.29, 1.82) is 0 Å². The zero-order valence-corrected chi connectivity index (χ0v) is 13.1. The zero-order valence-electron chi connectivity index (χ0n) is 11.6. The highest BCUT2D eigenvalue weighted by Gasteiger charge is 2.13. The first-order valence-corrected chi connectivity index (χ1v) is 6.98. The SMILES string of the molecule is Cc1ccc(Br)cc1Oc1ncnc(OC(C)C)c1N. The van der Waals surface area contributed by atoms with Gasteiger partial charge in [0.15, 0.2) is 5.69 Å². The highest BCUT2D eigenvalue weighted by Crippen LogP contribution is 2.33. The number of nitrogens with zero attached hydrogens (tertiary/aromatic N) is 2. The number of aromatic nitrogens is 2. The summed E-state index contributed by atoms with van der Waals surface area (Å²) in [7, 11) is 0. The smallest absolute Gasteiger partial charge is 0.249 e. The summed E-state index contributed by atoms with van der Waals surface area (Å²) in [5.41, 5.74) is 7.26. The van der Waals surface area contributed by atoms with Crippen LogP contribution in [0.5, 0.6) is 17.5 Å². The monoisotopic (exact) mass is 337 g/mol. The van der Waals surface area contributed by atoms with Gasteiger partial charge in [0, 0.05) is 4.47 Å². The van der Waals surface area contributed by atoms with Gasteiger partial charge in [0.2, 0.25) is 11.8 Å². The Balaban J connectivity index is 2.32. The van der Waals surface area contributed by atoms with Crippen molar-refractivity contribution in [2.45, 2.75) is 26.9 Å². The highest BCUT2D eigenvalue weighted by molar-refractivity contribution is 9.10. The fraction of sp³-hybridized carbons (Fsp3) is 0.286. The van der Waals surface area contributed by atoms with Crippen molar-refractivity contribution in [3.8, 4) is 17.5 Å². The number of aryl methyl sites for hydroxylation is 1. The van der Waals surface area contributed by atoms with E-state index in [1.54, 1.807) is 0 Å². The zero-order chi connectivity index (χ0) is 14.7. The van der Waals surface area contributed by atoms with E-state index in [0.717, 1.165) is 10.0 Å². The van der Waals surface area contributed by atoms with Gasteiger partial charge in [-0.15, -0.1) is 0 Å². The predicted molar refractivity (Wildman–Crippen MR) is 81.2 cm³/mol. The van der Waals surface area contributed by atoms with Crippen LogP contribution >= 0.6 is 15.9 Å². The highest BCUT2D eigenvalue weighted by atomic mass is 79.9. The van der Waals surface area contributed by atoms with Crippen molar-refractivity contribution >= 4 is 21.6 Å². The number of anilines is 1. The third-order valence-corrected chi connectivity index (χ3v) is 3.01. The molecule has 1 aromatic heterocycles. The van der Waals surface area contributed by atoms with Crippen molar-refractivity contribution in [3.05, 3.63) is 34.6 Å². The van der Waals surface area contributed by atoms with Crippen LogP contribution in [0.25, 0.3) is 0 Å². The van der Waals surface area contributed by atoms with Crippen LogP contribution in [0.3, 0.4) is 0 Å². The minimum atomic E-state index is -0.0207. The van der Waals surface area contributed by atoms with E-state index < -0.39 is 0 Å². The second-order valence-corrected chi connectivity index (χ2v) is 5.49. The lowest BCUT2D eigenvalue weighted by atomic mass is 10.2. The van der Waals surface area contributed by atoms with Gasteiger partial charge in [0.1, 0.15) is 12.1 Å². The van der Waals surface area contributed by atoms with E-state index in [9.17, 15) is 0 Å². The molecule has 2 rings (SSSR count). The molecule has 0 fully saturated rings. The third-order valence-electron chi connectivity index (χ3n) is 2.51. The van der Waals surface area contributed by atoms with E-state index in [1.807, 2.05) is 39.0 Å². The summed E-state index contributed by atoms with van der Waals surface area (Å²) in [5, 5.41) is 0. The van der Waals surface area contributed by atoms with Gasteiger partial charge >= 0.3 is 0 Å². The molecule has 0 aliphatic heterocycles.